The molecular formula is C24H29N3O3. The minimum atomic E-state index is -1.11. The normalized spacial score (nSPS) is 18.5. The van der Waals surface area contributed by atoms with E-state index in [0.717, 1.165) is 33.6 Å². The van der Waals surface area contributed by atoms with E-state index in [-0.39, 0.29) is 18.4 Å². The molecule has 0 unspecified atom stereocenters. The van der Waals surface area contributed by atoms with Crippen LogP contribution in [0.2, 0.25) is 0 Å². The summed E-state index contributed by atoms with van der Waals surface area (Å²) in [6.45, 7) is 6.16. The Morgan fingerprint density at radius 1 is 1.10 bits per heavy atom. The summed E-state index contributed by atoms with van der Waals surface area (Å²) < 4.78 is 0. The predicted octanol–water partition coefficient (Wildman–Crippen LogP) is 3.51. The van der Waals surface area contributed by atoms with E-state index in [0.29, 0.717) is 13.0 Å². The highest BCUT2D eigenvalue weighted by Crippen LogP contribution is 2.33. The van der Waals surface area contributed by atoms with Crippen molar-refractivity contribution in [3.05, 3.63) is 70.8 Å². The number of amides is 4. The summed E-state index contributed by atoms with van der Waals surface area (Å²) in [6.07, 6.45) is 1.19. The third-order valence-corrected chi connectivity index (χ3v) is 5.69. The fourth-order valence-electron chi connectivity index (χ4n) is 4.00. The number of carbonyl (C=O) groups excluding carboxylic acids is 3. The summed E-state index contributed by atoms with van der Waals surface area (Å²) in [4.78, 5) is 41.4. The Bertz CT molecular complexity index is 957. The van der Waals surface area contributed by atoms with Crippen LogP contribution in [0.5, 0.6) is 0 Å². The molecule has 2 aromatic rings. The predicted molar refractivity (Wildman–Crippen MR) is 116 cm³/mol. The van der Waals surface area contributed by atoms with Crippen LogP contribution in [0.1, 0.15) is 42.0 Å². The van der Waals surface area contributed by atoms with Gasteiger partial charge in [-0.25, -0.2) is 4.79 Å². The van der Waals surface area contributed by atoms with Gasteiger partial charge in [0.1, 0.15) is 12.1 Å². The average Bonchev–Trinajstić information content (AvgIpc) is 2.96. The second-order valence-corrected chi connectivity index (χ2v) is 8.02. The highest BCUT2D eigenvalue weighted by Gasteiger charge is 2.52. The number of imide groups is 1. The van der Waals surface area contributed by atoms with Gasteiger partial charge in [0, 0.05) is 13.6 Å². The number of aryl methyl sites for hydroxylation is 2. The minimum Gasteiger partial charge on any atom is -0.340 e. The van der Waals surface area contributed by atoms with E-state index in [4.69, 9.17) is 0 Å². The Morgan fingerprint density at radius 3 is 2.43 bits per heavy atom. The van der Waals surface area contributed by atoms with Crippen LogP contribution in [0.4, 0.5) is 4.79 Å². The first-order valence-electron chi connectivity index (χ1n) is 10.3. The van der Waals surface area contributed by atoms with E-state index in [1.165, 1.54) is 0 Å². The van der Waals surface area contributed by atoms with Gasteiger partial charge in [-0.1, -0.05) is 67.4 Å². The highest BCUT2D eigenvalue weighted by atomic mass is 16.2. The fourth-order valence-corrected chi connectivity index (χ4v) is 4.00. The molecule has 3 rings (SSSR count). The SMILES string of the molecule is CCC[C@@]1(c2ccccc2)NC(=O)N(CC(=O)N(C)Cc2ccc(C)cc2C)C1=O. The monoisotopic (exact) mass is 407 g/mol. The largest absolute Gasteiger partial charge is 0.340 e. The first-order valence-corrected chi connectivity index (χ1v) is 10.3. The number of hydrogen-bond acceptors (Lipinski definition) is 3. The summed E-state index contributed by atoms with van der Waals surface area (Å²) in [6, 6.07) is 14.8. The van der Waals surface area contributed by atoms with Gasteiger partial charge in [-0.2, -0.15) is 0 Å². The maximum atomic E-state index is 13.3. The lowest BCUT2D eigenvalue weighted by Crippen LogP contribution is -2.45. The molecule has 158 valence electrons. The lowest BCUT2D eigenvalue weighted by molar-refractivity contribution is -0.139. The molecule has 1 heterocycles. The van der Waals surface area contributed by atoms with Crippen molar-refractivity contribution in [1.29, 1.82) is 0 Å². The van der Waals surface area contributed by atoms with Crippen molar-refractivity contribution in [2.45, 2.75) is 45.7 Å². The number of benzene rings is 2. The van der Waals surface area contributed by atoms with Crippen LogP contribution in [-0.4, -0.2) is 41.2 Å². The van der Waals surface area contributed by atoms with Crippen LogP contribution in [0.15, 0.2) is 48.5 Å². The Balaban J connectivity index is 1.76. The molecule has 0 saturated carbocycles. The molecule has 0 aliphatic carbocycles. The third kappa shape index (κ3) is 4.08. The van der Waals surface area contributed by atoms with Crippen molar-refractivity contribution in [2.75, 3.05) is 13.6 Å². The fraction of sp³-hybridized carbons (Fsp3) is 0.375. The molecule has 4 amide bonds. The first-order chi connectivity index (χ1) is 14.3. The Labute approximate surface area is 177 Å². The summed E-state index contributed by atoms with van der Waals surface area (Å²) in [5, 5.41) is 2.86. The van der Waals surface area contributed by atoms with Crippen molar-refractivity contribution in [2.24, 2.45) is 0 Å². The van der Waals surface area contributed by atoms with Gasteiger partial charge < -0.3 is 10.2 Å². The maximum Gasteiger partial charge on any atom is 0.325 e. The van der Waals surface area contributed by atoms with Crippen LogP contribution in [0.25, 0.3) is 0 Å². The van der Waals surface area contributed by atoms with Crippen LogP contribution in [0, 0.1) is 13.8 Å². The molecule has 0 spiro atoms. The number of carbonyl (C=O) groups is 3. The number of urea groups is 1. The average molecular weight is 408 g/mol. The Kier molecular flexibility index (Phi) is 6.25. The van der Waals surface area contributed by atoms with Gasteiger partial charge in [0.05, 0.1) is 0 Å². The molecule has 2 aromatic carbocycles. The standard InChI is InChI=1S/C24H29N3O3/c1-5-13-24(20-9-7-6-8-10-20)22(29)27(23(30)25-24)16-21(28)26(4)15-19-12-11-17(2)14-18(19)3/h6-12,14H,5,13,15-16H2,1-4H3,(H,25,30)/t24-/m0/s1. The smallest absolute Gasteiger partial charge is 0.325 e. The second kappa shape index (κ2) is 8.69. The lowest BCUT2D eigenvalue weighted by Gasteiger charge is -2.27. The van der Waals surface area contributed by atoms with Crippen LogP contribution in [-0.2, 0) is 21.7 Å². The van der Waals surface area contributed by atoms with Crippen molar-refractivity contribution in [1.82, 2.24) is 15.1 Å². The van der Waals surface area contributed by atoms with Gasteiger partial charge in [-0.3, -0.25) is 14.5 Å². The zero-order chi connectivity index (χ0) is 21.9. The van der Waals surface area contributed by atoms with Crippen LogP contribution in [0.3, 0.4) is 0 Å². The molecule has 1 saturated heterocycles. The number of nitrogens with one attached hydrogen (secondary N) is 1. The summed E-state index contributed by atoms with van der Waals surface area (Å²) in [5.74, 6) is -0.646. The summed E-state index contributed by atoms with van der Waals surface area (Å²) in [5.41, 5.74) is 2.94. The quantitative estimate of drug-likeness (QED) is 0.714. The minimum absolute atomic E-state index is 0.273. The van der Waals surface area contributed by atoms with E-state index in [9.17, 15) is 14.4 Å². The van der Waals surface area contributed by atoms with Gasteiger partial charge in [0.25, 0.3) is 5.91 Å². The molecule has 0 radical (unpaired) electrons. The molecule has 1 fully saturated rings. The van der Waals surface area contributed by atoms with E-state index in [2.05, 4.69) is 11.4 Å². The number of rotatable bonds is 7. The number of hydrogen-bond donors (Lipinski definition) is 1. The van der Waals surface area contributed by atoms with Gasteiger partial charge in [-0.15, -0.1) is 0 Å². The maximum absolute atomic E-state index is 13.3. The molecule has 1 N–H and O–H groups in total. The van der Waals surface area contributed by atoms with Gasteiger partial charge in [0.15, 0.2) is 0 Å². The van der Waals surface area contributed by atoms with Gasteiger partial charge in [-0.05, 0) is 37.0 Å². The summed E-state index contributed by atoms with van der Waals surface area (Å²) in [7, 11) is 1.69. The van der Waals surface area contributed by atoms with E-state index in [1.807, 2.05) is 63.2 Å². The van der Waals surface area contributed by atoms with Crippen molar-refractivity contribution in [3.8, 4) is 0 Å². The topological polar surface area (TPSA) is 69.7 Å². The molecule has 6 nitrogen and oxygen atoms in total. The van der Waals surface area contributed by atoms with Crippen molar-refractivity contribution < 1.29 is 14.4 Å². The Hall–Kier alpha value is -3.15. The zero-order valence-corrected chi connectivity index (χ0v) is 18.1. The van der Waals surface area contributed by atoms with Crippen LogP contribution < -0.4 is 5.32 Å². The van der Waals surface area contributed by atoms with Crippen molar-refractivity contribution in [3.63, 3.8) is 0 Å². The van der Waals surface area contributed by atoms with E-state index >= 15 is 0 Å². The molecule has 6 heteroatoms. The van der Waals surface area contributed by atoms with E-state index < -0.39 is 11.6 Å². The molecule has 1 aliphatic rings. The number of nitrogens with zero attached hydrogens (tertiary/aromatic N) is 2. The Morgan fingerprint density at radius 2 is 1.80 bits per heavy atom. The molecular weight excluding hydrogens is 378 g/mol. The second-order valence-electron chi connectivity index (χ2n) is 8.02. The van der Waals surface area contributed by atoms with Gasteiger partial charge >= 0.3 is 6.03 Å². The molecule has 30 heavy (non-hydrogen) atoms. The highest BCUT2D eigenvalue weighted by molar-refractivity contribution is 6.09. The van der Waals surface area contributed by atoms with Crippen molar-refractivity contribution >= 4 is 17.8 Å². The molecule has 0 aromatic heterocycles. The molecule has 0 bridgehead atoms. The van der Waals surface area contributed by atoms with E-state index in [1.54, 1.807) is 11.9 Å². The van der Waals surface area contributed by atoms with Gasteiger partial charge in [0.2, 0.25) is 5.91 Å². The third-order valence-electron chi connectivity index (χ3n) is 5.69. The lowest BCUT2D eigenvalue weighted by atomic mass is 9.85. The molecule has 1 aliphatic heterocycles. The summed E-state index contributed by atoms with van der Waals surface area (Å²) >= 11 is 0. The number of likely N-dealkylation sites (N-methyl/N-ethyl adjacent to an activating group) is 1. The van der Waals surface area contributed by atoms with Crippen LogP contribution >= 0.6 is 0 Å². The zero-order valence-electron chi connectivity index (χ0n) is 18.1. The first kappa shape index (κ1) is 21.6. The molecule has 1 atom stereocenters.